The van der Waals surface area contributed by atoms with Crippen molar-refractivity contribution in [2.75, 3.05) is 11.6 Å². The number of benzene rings is 2. The van der Waals surface area contributed by atoms with Crippen LogP contribution in [-0.2, 0) is 0 Å². The van der Waals surface area contributed by atoms with Gasteiger partial charge in [0.15, 0.2) is 0 Å². The highest BCUT2D eigenvalue weighted by Crippen LogP contribution is 2.25. The van der Waals surface area contributed by atoms with Crippen molar-refractivity contribution in [2.45, 2.75) is 17.9 Å². The number of halogens is 2. The minimum atomic E-state index is -0.236. The van der Waals surface area contributed by atoms with Crippen LogP contribution in [-0.4, -0.2) is 6.26 Å². The number of anilines is 1. The first-order valence-corrected chi connectivity index (χ1v) is 7.97. The number of hydrogen-bond donors (Lipinski definition) is 1. The quantitative estimate of drug-likeness (QED) is 0.740. The van der Waals surface area contributed by atoms with Gasteiger partial charge >= 0.3 is 0 Å². The maximum Gasteiger partial charge on any atom is 0.137 e. The molecule has 19 heavy (non-hydrogen) atoms. The summed E-state index contributed by atoms with van der Waals surface area (Å²) in [5.74, 6) is -0.236. The van der Waals surface area contributed by atoms with Gasteiger partial charge < -0.3 is 5.32 Å². The van der Waals surface area contributed by atoms with Crippen molar-refractivity contribution >= 4 is 33.4 Å². The first-order chi connectivity index (χ1) is 9.10. The van der Waals surface area contributed by atoms with Crippen LogP contribution in [0.5, 0.6) is 0 Å². The van der Waals surface area contributed by atoms with Crippen LogP contribution in [0.1, 0.15) is 18.5 Å². The Morgan fingerprint density at radius 2 is 2.00 bits per heavy atom. The number of hydrogen-bond acceptors (Lipinski definition) is 2. The average molecular weight is 340 g/mol. The van der Waals surface area contributed by atoms with Crippen molar-refractivity contribution in [3.8, 4) is 0 Å². The SMILES string of the molecule is CSc1cccc(NC(C)c2ccc(F)c(Br)c2)c1. The van der Waals surface area contributed by atoms with Crippen LogP contribution in [0.15, 0.2) is 51.8 Å². The molecule has 1 N–H and O–H groups in total. The molecule has 0 radical (unpaired) electrons. The third-order valence-corrected chi connectivity index (χ3v) is 4.23. The summed E-state index contributed by atoms with van der Waals surface area (Å²) in [6, 6.07) is 13.5. The zero-order valence-corrected chi connectivity index (χ0v) is 13.2. The van der Waals surface area contributed by atoms with Crippen molar-refractivity contribution in [2.24, 2.45) is 0 Å². The Labute approximate surface area is 125 Å². The van der Waals surface area contributed by atoms with Crippen molar-refractivity contribution in [1.82, 2.24) is 0 Å². The second kappa shape index (κ2) is 6.44. The van der Waals surface area contributed by atoms with E-state index in [1.165, 1.54) is 11.0 Å². The lowest BCUT2D eigenvalue weighted by Crippen LogP contribution is -2.06. The molecule has 0 amide bonds. The van der Waals surface area contributed by atoms with Gasteiger partial charge in [-0.15, -0.1) is 11.8 Å². The third-order valence-electron chi connectivity index (χ3n) is 2.90. The fourth-order valence-corrected chi connectivity index (χ4v) is 2.68. The fraction of sp³-hybridized carbons (Fsp3) is 0.200. The van der Waals surface area contributed by atoms with E-state index in [4.69, 9.17) is 0 Å². The van der Waals surface area contributed by atoms with Gasteiger partial charge in [-0.1, -0.05) is 12.1 Å². The van der Waals surface area contributed by atoms with Gasteiger partial charge in [-0.25, -0.2) is 4.39 Å². The molecular weight excluding hydrogens is 325 g/mol. The summed E-state index contributed by atoms with van der Waals surface area (Å²) in [5.41, 5.74) is 2.11. The Hall–Kier alpha value is -1.00. The molecule has 0 aromatic heterocycles. The molecule has 1 atom stereocenters. The van der Waals surface area contributed by atoms with E-state index in [0.29, 0.717) is 4.47 Å². The zero-order valence-electron chi connectivity index (χ0n) is 10.8. The van der Waals surface area contributed by atoms with Crippen molar-refractivity contribution in [1.29, 1.82) is 0 Å². The molecule has 0 aliphatic carbocycles. The summed E-state index contributed by atoms with van der Waals surface area (Å²) < 4.78 is 13.7. The first kappa shape index (κ1) is 14.4. The largest absolute Gasteiger partial charge is 0.378 e. The highest BCUT2D eigenvalue weighted by Gasteiger charge is 2.08. The van der Waals surface area contributed by atoms with E-state index in [0.717, 1.165) is 11.3 Å². The Morgan fingerprint density at radius 3 is 2.68 bits per heavy atom. The summed E-state index contributed by atoms with van der Waals surface area (Å²) >= 11 is 4.93. The molecule has 0 saturated carbocycles. The monoisotopic (exact) mass is 339 g/mol. The summed E-state index contributed by atoms with van der Waals surface area (Å²) in [7, 11) is 0. The molecule has 1 unspecified atom stereocenters. The summed E-state index contributed by atoms with van der Waals surface area (Å²) in [6.07, 6.45) is 2.06. The Kier molecular flexibility index (Phi) is 4.88. The minimum absolute atomic E-state index is 0.119. The van der Waals surface area contributed by atoms with Gasteiger partial charge in [0.2, 0.25) is 0 Å². The molecule has 0 aliphatic heterocycles. The standard InChI is InChI=1S/C15H15BrFNS/c1-10(11-6-7-15(17)14(16)8-11)18-12-4-3-5-13(9-12)19-2/h3-10,18H,1-2H3. The van der Waals surface area contributed by atoms with Gasteiger partial charge in [0, 0.05) is 16.6 Å². The van der Waals surface area contributed by atoms with E-state index < -0.39 is 0 Å². The topological polar surface area (TPSA) is 12.0 Å². The summed E-state index contributed by atoms with van der Waals surface area (Å²) in [6.45, 7) is 2.06. The van der Waals surface area contributed by atoms with E-state index in [1.54, 1.807) is 17.8 Å². The molecule has 4 heteroatoms. The summed E-state index contributed by atoms with van der Waals surface area (Å²) in [4.78, 5) is 1.22. The lowest BCUT2D eigenvalue weighted by Gasteiger charge is -2.16. The highest BCUT2D eigenvalue weighted by atomic mass is 79.9. The number of rotatable bonds is 4. The van der Waals surface area contributed by atoms with Gasteiger partial charge in [-0.05, 0) is 65.0 Å². The molecular formula is C15H15BrFNS. The van der Waals surface area contributed by atoms with Crippen LogP contribution in [0.4, 0.5) is 10.1 Å². The third kappa shape index (κ3) is 3.74. The summed E-state index contributed by atoms with van der Waals surface area (Å²) in [5, 5.41) is 3.42. The second-order valence-electron chi connectivity index (χ2n) is 4.27. The van der Waals surface area contributed by atoms with Crippen LogP contribution >= 0.6 is 27.7 Å². The second-order valence-corrected chi connectivity index (χ2v) is 6.01. The molecule has 0 bridgehead atoms. The maximum absolute atomic E-state index is 13.2. The smallest absolute Gasteiger partial charge is 0.137 e. The van der Waals surface area contributed by atoms with Crippen LogP contribution in [0.3, 0.4) is 0 Å². The van der Waals surface area contributed by atoms with Gasteiger partial charge in [0.05, 0.1) is 4.47 Å². The molecule has 0 saturated heterocycles. The predicted molar refractivity (Wildman–Crippen MR) is 84.4 cm³/mol. The lowest BCUT2D eigenvalue weighted by atomic mass is 10.1. The molecule has 2 aromatic carbocycles. The highest BCUT2D eigenvalue weighted by molar-refractivity contribution is 9.10. The van der Waals surface area contributed by atoms with Crippen molar-refractivity contribution in [3.63, 3.8) is 0 Å². The fourth-order valence-electron chi connectivity index (χ4n) is 1.83. The number of nitrogens with one attached hydrogen (secondary N) is 1. The van der Waals surface area contributed by atoms with Crippen molar-refractivity contribution in [3.05, 3.63) is 58.3 Å². The van der Waals surface area contributed by atoms with E-state index in [2.05, 4.69) is 46.6 Å². The molecule has 0 fully saturated rings. The zero-order chi connectivity index (χ0) is 13.8. The Balaban J connectivity index is 2.15. The van der Waals surface area contributed by atoms with Crippen LogP contribution in [0.2, 0.25) is 0 Å². The van der Waals surface area contributed by atoms with Crippen molar-refractivity contribution < 1.29 is 4.39 Å². The maximum atomic E-state index is 13.2. The van der Waals surface area contributed by atoms with Crippen LogP contribution in [0.25, 0.3) is 0 Å². The molecule has 0 spiro atoms. The molecule has 2 aromatic rings. The Bertz CT molecular complexity index is 574. The number of thioether (sulfide) groups is 1. The average Bonchev–Trinajstić information content (AvgIpc) is 2.42. The molecule has 2 rings (SSSR count). The van der Waals surface area contributed by atoms with Gasteiger partial charge in [-0.3, -0.25) is 0 Å². The van der Waals surface area contributed by atoms with Crippen LogP contribution < -0.4 is 5.32 Å². The van der Waals surface area contributed by atoms with E-state index in [1.807, 2.05) is 18.2 Å². The lowest BCUT2D eigenvalue weighted by molar-refractivity contribution is 0.619. The minimum Gasteiger partial charge on any atom is -0.378 e. The Morgan fingerprint density at radius 1 is 1.21 bits per heavy atom. The van der Waals surface area contributed by atoms with E-state index >= 15 is 0 Å². The first-order valence-electron chi connectivity index (χ1n) is 5.95. The van der Waals surface area contributed by atoms with Gasteiger partial charge in [0.25, 0.3) is 0 Å². The normalized spacial score (nSPS) is 12.2. The molecule has 100 valence electrons. The molecule has 0 heterocycles. The van der Waals surface area contributed by atoms with Crippen LogP contribution in [0, 0.1) is 5.82 Å². The predicted octanol–water partition coefficient (Wildman–Crippen LogP) is 5.48. The molecule has 0 aliphatic rings. The van der Waals surface area contributed by atoms with E-state index in [-0.39, 0.29) is 11.9 Å². The van der Waals surface area contributed by atoms with Gasteiger partial charge in [-0.2, -0.15) is 0 Å². The van der Waals surface area contributed by atoms with E-state index in [9.17, 15) is 4.39 Å². The van der Waals surface area contributed by atoms with Gasteiger partial charge in [0.1, 0.15) is 5.82 Å². The molecule has 1 nitrogen and oxygen atoms in total.